The fourth-order valence-electron chi connectivity index (χ4n) is 10.5. The second-order valence-corrected chi connectivity index (χ2v) is 18.4. The summed E-state index contributed by atoms with van der Waals surface area (Å²) in [7, 11) is 2.17. The lowest BCUT2D eigenvalue weighted by Crippen LogP contribution is -2.54. The predicted octanol–water partition coefficient (Wildman–Crippen LogP) is 3.66. The van der Waals surface area contributed by atoms with E-state index in [-0.39, 0.29) is 47.5 Å². The molecule has 3 aromatic carbocycles. The van der Waals surface area contributed by atoms with Gasteiger partial charge in [-0.15, -0.1) is 0 Å². The first-order chi connectivity index (χ1) is 31.4. The summed E-state index contributed by atoms with van der Waals surface area (Å²) in [6.07, 6.45) is 6.45. The number of likely N-dealkylation sites (tertiary alicyclic amines) is 1. The van der Waals surface area contributed by atoms with Crippen molar-refractivity contribution in [2.24, 2.45) is 34.2 Å². The van der Waals surface area contributed by atoms with Gasteiger partial charge in [-0.1, -0.05) is 18.2 Å². The highest BCUT2D eigenvalue weighted by atomic mass is 16.5. The Bertz CT molecular complexity index is 2420. The number of benzene rings is 3. The van der Waals surface area contributed by atoms with Crippen molar-refractivity contribution in [1.82, 2.24) is 25.3 Å². The number of carbonyl (C=O) groups is 6. The highest BCUT2D eigenvalue weighted by Gasteiger charge is 2.45. The number of carbonyl (C=O) groups excluding carboxylic acids is 6. The van der Waals surface area contributed by atoms with Gasteiger partial charge in [0.1, 0.15) is 28.9 Å². The quantitative estimate of drug-likeness (QED) is 0.152. The smallest absolute Gasteiger partial charge is 0.262 e. The number of fused-ring (bicyclic) bond motifs is 1. The topological polar surface area (TPSA) is 213 Å². The molecule has 5 heterocycles. The molecule has 1 aliphatic carbocycles. The number of hydrogen-bond donors (Lipinski definition) is 4. The number of nitrogens with zero attached hydrogens (tertiary/aromatic N) is 5. The van der Waals surface area contributed by atoms with Crippen molar-refractivity contribution in [3.05, 3.63) is 95.1 Å². The van der Waals surface area contributed by atoms with Crippen LogP contribution in [0.15, 0.2) is 83.4 Å². The molecule has 5 aliphatic heterocycles. The van der Waals surface area contributed by atoms with Crippen molar-refractivity contribution in [2.75, 3.05) is 51.2 Å². The Morgan fingerprint density at radius 2 is 1.51 bits per heavy atom. The van der Waals surface area contributed by atoms with Crippen molar-refractivity contribution < 1.29 is 33.5 Å². The van der Waals surface area contributed by atoms with Crippen LogP contribution in [0.2, 0.25) is 0 Å². The van der Waals surface area contributed by atoms with E-state index in [1.165, 1.54) is 0 Å². The largest absolute Gasteiger partial charge is 0.457 e. The van der Waals surface area contributed by atoms with Crippen LogP contribution in [-0.2, 0) is 19.2 Å². The Kier molecular flexibility index (Phi) is 12.4. The van der Waals surface area contributed by atoms with Crippen LogP contribution in [0.3, 0.4) is 0 Å². The molecule has 6 N–H and O–H groups in total. The fraction of sp³-hybridized carbons (Fsp3) is 0.449. The average Bonchev–Trinajstić information content (AvgIpc) is 3.54. The first-order valence-electron chi connectivity index (χ1n) is 23.0. The number of anilines is 1. The second-order valence-electron chi connectivity index (χ2n) is 18.4. The van der Waals surface area contributed by atoms with Gasteiger partial charge in [0.05, 0.1) is 16.8 Å². The second kappa shape index (κ2) is 18.5. The molecular weight excluding hydrogens is 827 g/mol. The first-order valence-corrected chi connectivity index (χ1v) is 23.0. The Balaban J connectivity index is 0.709. The number of primary amides is 1. The zero-order valence-corrected chi connectivity index (χ0v) is 36.7. The Hall–Kier alpha value is -6.55. The molecule has 16 heteroatoms. The molecule has 65 heavy (non-hydrogen) atoms. The normalized spacial score (nSPS) is 24.5. The van der Waals surface area contributed by atoms with Crippen molar-refractivity contribution in [3.8, 4) is 11.5 Å². The first kappa shape index (κ1) is 43.7. The fourth-order valence-corrected chi connectivity index (χ4v) is 10.5. The van der Waals surface area contributed by atoms with E-state index in [2.05, 4.69) is 32.5 Å². The van der Waals surface area contributed by atoms with Crippen molar-refractivity contribution in [1.29, 1.82) is 0 Å². The summed E-state index contributed by atoms with van der Waals surface area (Å²) < 4.78 is 5.91. The van der Waals surface area contributed by atoms with E-state index in [0.717, 1.165) is 75.2 Å². The van der Waals surface area contributed by atoms with E-state index in [9.17, 15) is 28.8 Å². The van der Waals surface area contributed by atoms with Crippen LogP contribution in [0.25, 0.3) is 5.70 Å². The summed E-state index contributed by atoms with van der Waals surface area (Å²) in [6, 6.07) is 21.5. The van der Waals surface area contributed by atoms with Crippen LogP contribution < -0.4 is 31.7 Å². The number of rotatable bonds is 12. The minimum Gasteiger partial charge on any atom is -0.457 e. The van der Waals surface area contributed by atoms with Crippen LogP contribution in [0.4, 0.5) is 5.69 Å². The van der Waals surface area contributed by atoms with Crippen molar-refractivity contribution in [2.45, 2.75) is 75.9 Å². The highest BCUT2D eigenvalue weighted by Crippen LogP contribution is 2.37. The summed E-state index contributed by atoms with van der Waals surface area (Å²) in [5, 5.41) is 5.75. The number of piperidine rings is 3. The van der Waals surface area contributed by atoms with Crippen LogP contribution >= 0.6 is 0 Å². The lowest BCUT2D eigenvalue weighted by molar-refractivity contribution is -0.142. The Morgan fingerprint density at radius 3 is 2.20 bits per heavy atom. The summed E-state index contributed by atoms with van der Waals surface area (Å²) in [6.45, 7) is 4.55. The third-order valence-electron chi connectivity index (χ3n) is 14.4. The zero-order chi connectivity index (χ0) is 45.4. The van der Waals surface area contributed by atoms with E-state index < -0.39 is 35.6 Å². The van der Waals surface area contributed by atoms with Gasteiger partial charge in [-0.2, -0.15) is 0 Å². The Labute approximate surface area is 378 Å². The zero-order valence-electron chi connectivity index (χ0n) is 36.7. The summed E-state index contributed by atoms with van der Waals surface area (Å²) in [5.41, 5.74) is 15.0. The summed E-state index contributed by atoms with van der Waals surface area (Å²) in [5.74, 6) is 0.227. The third kappa shape index (κ3) is 9.08. The van der Waals surface area contributed by atoms with Gasteiger partial charge in [0.25, 0.3) is 17.7 Å². The maximum absolute atomic E-state index is 13.7. The van der Waals surface area contributed by atoms with Gasteiger partial charge in [0.15, 0.2) is 0 Å². The van der Waals surface area contributed by atoms with E-state index in [1.54, 1.807) is 36.4 Å². The summed E-state index contributed by atoms with van der Waals surface area (Å²) >= 11 is 0. The number of aliphatic imine (C=N–C) groups is 1. The lowest BCUT2D eigenvalue weighted by atomic mass is 9.77. The number of nitrogens with two attached hydrogens (primary N) is 2. The monoisotopic (exact) mass is 883 g/mol. The molecule has 3 aromatic rings. The molecule has 9 rings (SSSR count). The number of imide groups is 2. The average molecular weight is 884 g/mol. The molecule has 1 saturated carbocycles. The lowest BCUT2D eigenvalue weighted by Gasteiger charge is -2.45. The van der Waals surface area contributed by atoms with E-state index in [0.29, 0.717) is 66.0 Å². The van der Waals surface area contributed by atoms with Gasteiger partial charge in [-0.3, -0.25) is 44.0 Å². The molecule has 0 aromatic heterocycles. The molecule has 6 aliphatic rings. The van der Waals surface area contributed by atoms with Crippen LogP contribution in [0, 0.1) is 17.8 Å². The van der Waals surface area contributed by atoms with Gasteiger partial charge >= 0.3 is 0 Å². The number of hydrogen-bond acceptors (Lipinski definition) is 12. The predicted molar refractivity (Wildman–Crippen MR) is 244 cm³/mol. The van der Waals surface area contributed by atoms with Crippen LogP contribution in [0.5, 0.6) is 11.5 Å². The number of ether oxygens (including phenoxy) is 1. The number of para-hydroxylation sites is 1. The third-order valence-corrected chi connectivity index (χ3v) is 14.4. The number of amidine groups is 1. The maximum atomic E-state index is 13.7. The molecule has 3 saturated heterocycles. The summed E-state index contributed by atoms with van der Waals surface area (Å²) in [4.78, 5) is 89.5. The van der Waals surface area contributed by atoms with Crippen molar-refractivity contribution >= 4 is 52.7 Å². The van der Waals surface area contributed by atoms with Crippen molar-refractivity contribution in [3.63, 3.8) is 0 Å². The standard InChI is InChI=1S/C49H57N9O7/c1-55(28-29-16-21-56(22-17-29)33-9-12-37-38(27-33)49(64)58(48(37)63)40-13-14-41(59)54-46(40)61)34-25-32(26-34)47(62)57-23-18-30(19-24-57)39-15-20-52-45(53-39)42(44(51)60)43(50)31-7-10-36(11-8-31)65-35-5-3-2-4-6-35/h2-12,27,29-30,32,34,39-40H,13-26,28,50H2,1H3,(H2,51,60)(H,52,53)(H,54,59,61)/b43-42-/t32?,34?,39-,40?/m0/s1. The van der Waals surface area contributed by atoms with Gasteiger partial charge in [-0.25, -0.2) is 0 Å². The molecule has 6 amide bonds. The molecule has 2 atom stereocenters. The molecule has 0 radical (unpaired) electrons. The van der Waals surface area contributed by atoms with Crippen LogP contribution in [0.1, 0.15) is 84.1 Å². The minimum absolute atomic E-state index is 0.0397. The van der Waals surface area contributed by atoms with Gasteiger partial charge in [-0.05, 0) is 130 Å². The van der Waals surface area contributed by atoms with E-state index in [1.807, 2.05) is 41.3 Å². The number of nitrogens with one attached hydrogen (secondary N) is 2. The molecule has 4 fully saturated rings. The van der Waals surface area contributed by atoms with Crippen LogP contribution in [-0.4, -0.2) is 120 Å². The molecular formula is C49H57N9O7. The van der Waals surface area contributed by atoms with E-state index in [4.69, 9.17) is 16.2 Å². The highest BCUT2D eigenvalue weighted by molar-refractivity contribution is 6.25. The van der Waals surface area contributed by atoms with Gasteiger partial charge < -0.3 is 36.2 Å². The maximum Gasteiger partial charge on any atom is 0.262 e. The SMILES string of the molecule is CN(CC1CCN(c2ccc3c(c2)C(=O)N(C2CCC(=O)NC2=O)C3=O)CC1)C1CC(C(=O)N2CCC([C@@H]3CCN=C(/C(C(N)=O)=C(\N)c4ccc(Oc5ccccc5)cc4)N3)CC2)C1. The number of amides is 6. The Morgan fingerprint density at radius 1 is 0.815 bits per heavy atom. The molecule has 340 valence electrons. The van der Waals surface area contributed by atoms with Gasteiger partial charge in [0.2, 0.25) is 17.7 Å². The van der Waals surface area contributed by atoms with E-state index >= 15 is 0 Å². The molecule has 0 bridgehead atoms. The molecule has 1 unspecified atom stereocenters. The van der Waals surface area contributed by atoms with Gasteiger partial charge in [0, 0.05) is 69.4 Å². The minimum atomic E-state index is -0.983. The molecule has 16 nitrogen and oxygen atoms in total. The molecule has 0 spiro atoms.